The van der Waals surface area contributed by atoms with Gasteiger partial charge in [0.2, 0.25) is 0 Å². The molecule has 1 nitrogen and oxygen atoms in total. The normalized spacial score (nSPS) is 29.0. The van der Waals surface area contributed by atoms with E-state index in [9.17, 15) is 44.1 Å². The molecule has 2 atom stereocenters. The molecule has 11 heteroatoms. The van der Waals surface area contributed by atoms with Crippen molar-refractivity contribution in [2.24, 2.45) is 0 Å². The second-order valence-electron chi connectivity index (χ2n) is 7.29. The highest BCUT2D eigenvalue weighted by Gasteiger charge is 2.54. The molecule has 0 aromatic heterocycles. The molecule has 0 spiro atoms. The summed E-state index contributed by atoms with van der Waals surface area (Å²) in [6.07, 6.45) is -14.4. The average molecular weight is 438 g/mol. The summed E-state index contributed by atoms with van der Waals surface area (Å²) in [5.74, 6) is 0. The first-order chi connectivity index (χ1) is 12.7. The zero-order valence-corrected chi connectivity index (χ0v) is 15.2. The molecule has 28 heavy (non-hydrogen) atoms. The summed E-state index contributed by atoms with van der Waals surface area (Å²) >= 11 is 0. The van der Waals surface area contributed by atoms with Gasteiger partial charge in [0.05, 0.1) is 16.7 Å². The van der Waals surface area contributed by atoms with Gasteiger partial charge in [0.1, 0.15) is 7.14 Å². The molecular weight excluding hydrogens is 422 g/mol. The van der Waals surface area contributed by atoms with Crippen molar-refractivity contribution in [2.45, 2.75) is 68.4 Å². The summed E-state index contributed by atoms with van der Waals surface area (Å²) in [5.41, 5.74) is -8.80. The number of benzene rings is 1. The van der Waals surface area contributed by atoms with E-state index >= 15 is 0 Å². The Balaban J connectivity index is 2.35. The first-order valence-electron chi connectivity index (χ1n) is 8.66. The molecule has 2 fully saturated rings. The van der Waals surface area contributed by atoms with E-state index in [1.807, 2.05) is 0 Å². The molecule has 0 amide bonds. The predicted octanol–water partition coefficient (Wildman–Crippen LogP) is 6.84. The topological polar surface area (TPSA) is 17.1 Å². The highest BCUT2D eigenvalue weighted by molar-refractivity contribution is 7.73. The molecule has 2 aliphatic heterocycles. The highest BCUT2D eigenvalue weighted by atomic mass is 31.2. The van der Waals surface area contributed by atoms with Crippen LogP contribution >= 0.6 is 7.14 Å². The van der Waals surface area contributed by atoms with Crippen LogP contribution in [0.25, 0.3) is 0 Å². The molecule has 1 aromatic carbocycles. The maximum atomic E-state index is 13.7. The van der Waals surface area contributed by atoms with E-state index in [2.05, 4.69) is 0 Å². The van der Waals surface area contributed by atoms with E-state index in [4.69, 9.17) is 0 Å². The SMILES string of the molecule is O=P1(c2cc(C(F)(F)F)c(C(F)(F)F)c(C(F)(F)F)c2)C2CCCCC1CC2. The summed E-state index contributed by atoms with van der Waals surface area (Å²) in [6.45, 7) is 0. The summed E-state index contributed by atoms with van der Waals surface area (Å²) in [4.78, 5) is 0. The molecule has 0 saturated carbocycles. The van der Waals surface area contributed by atoms with Crippen molar-refractivity contribution < 1.29 is 44.1 Å². The van der Waals surface area contributed by atoms with E-state index in [1.54, 1.807) is 0 Å². The molecule has 0 radical (unpaired) electrons. The molecule has 2 saturated heterocycles. The Kier molecular flexibility index (Phi) is 5.13. The molecule has 2 unspecified atom stereocenters. The molecule has 2 bridgehead atoms. The molecule has 158 valence electrons. The lowest BCUT2D eigenvalue weighted by Crippen LogP contribution is -2.28. The van der Waals surface area contributed by atoms with E-state index in [-0.39, 0.29) is 12.1 Å². The third-order valence-electron chi connectivity index (χ3n) is 5.66. The zero-order chi connectivity index (χ0) is 21.1. The molecule has 1 aromatic rings. The Hall–Kier alpha value is -1.18. The Morgan fingerprint density at radius 1 is 0.679 bits per heavy atom. The molecule has 0 aliphatic carbocycles. The van der Waals surface area contributed by atoms with Crippen LogP contribution in [0.15, 0.2) is 12.1 Å². The van der Waals surface area contributed by atoms with Crippen molar-refractivity contribution in [2.75, 3.05) is 0 Å². The van der Waals surface area contributed by atoms with Gasteiger partial charge in [0.25, 0.3) is 0 Å². The summed E-state index contributed by atoms with van der Waals surface area (Å²) in [6, 6.07) is 0.102. The van der Waals surface area contributed by atoms with E-state index in [0.717, 1.165) is 0 Å². The molecule has 2 aliphatic rings. The Morgan fingerprint density at radius 2 is 1.07 bits per heavy atom. The lowest BCUT2D eigenvalue weighted by atomic mass is 9.99. The fourth-order valence-electron chi connectivity index (χ4n) is 4.50. The third-order valence-corrected chi connectivity index (χ3v) is 9.93. The quantitative estimate of drug-likeness (QED) is 0.347. The summed E-state index contributed by atoms with van der Waals surface area (Å²) < 4.78 is 133. The van der Waals surface area contributed by atoms with Crippen molar-refractivity contribution in [1.82, 2.24) is 0 Å². The highest BCUT2D eigenvalue weighted by Crippen LogP contribution is 2.66. The first kappa shape index (κ1) is 21.5. The number of alkyl halides is 9. The van der Waals surface area contributed by atoms with Gasteiger partial charge in [-0.05, 0) is 37.8 Å². The minimum absolute atomic E-state index is 0.0511. The van der Waals surface area contributed by atoms with Crippen LogP contribution in [0.1, 0.15) is 55.2 Å². The number of halogens is 9. The standard InChI is InChI=1S/C17H16F9OP/c18-15(19,20)12-7-11(8-13(16(21,22)23)14(12)17(24,25)26)28(27)9-3-1-2-4-10(28)6-5-9/h7-10H,1-6H2. The number of hydrogen-bond donors (Lipinski definition) is 0. The Morgan fingerprint density at radius 3 is 1.39 bits per heavy atom. The fourth-order valence-corrected chi connectivity index (χ4v) is 8.80. The summed E-state index contributed by atoms with van der Waals surface area (Å²) in [5, 5.41) is -0.727. The van der Waals surface area contributed by atoms with Crippen LogP contribution in [0.4, 0.5) is 39.5 Å². The van der Waals surface area contributed by atoms with Crippen LogP contribution in [0.3, 0.4) is 0 Å². The van der Waals surface area contributed by atoms with Crippen molar-refractivity contribution in [3.63, 3.8) is 0 Å². The Labute approximate surface area is 154 Å². The maximum Gasteiger partial charge on any atom is 0.417 e. The van der Waals surface area contributed by atoms with Crippen molar-refractivity contribution in [3.8, 4) is 0 Å². The average Bonchev–Trinajstić information content (AvgIpc) is 2.72. The van der Waals surface area contributed by atoms with Gasteiger partial charge in [-0.25, -0.2) is 0 Å². The fraction of sp³-hybridized carbons (Fsp3) is 0.647. The second-order valence-corrected chi connectivity index (χ2v) is 10.7. The second kappa shape index (κ2) is 6.67. The lowest BCUT2D eigenvalue weighted by molar-refractivity contribution is -0.174. The van der Waals surface area contributed by atoms with Gasteiger partial charge in [-0.3, -0.25) is 0 Å². The smallest absolute Gasteiger partial charge is 0.318 e. The maximum absolute atomic E-state index is 13.7. The molecular formula is C17H16F9OP. The number of fused-ring (bicyclic) bond motifs is 2. The molecule has 3 rings (SSSR count). The largest absolute Gasteiger partial charge is 0.417 e. The third kappa shape index (κ3) is 3.57. The van der Waals surface area contributed by atoms with Gasteiger partial charge in [0.15, 0.2) is 0 Å². The van der Waals surface area contributed by atoms with E-state index in [0.29, 0.717) is 38.5 Å². The number of hydrogen-bond acceptors (Lipinski definition) is 1. The first-order valence-corrected chi connectivity index (χ1v) is 10.5. The molecule has 2 heterocycles. The minimum atomic E-state index is -5.87. The minimum Gasteiger partial charge on any atom is -0.318 e. The van der Waals surface area contributed by atoms with Crippen LogP contribution < -0.4 is 5.30 Å². The monoisotopic (exact) mass is 438 g/mol. The van der Waals surface area contributed by atoms with Crippen LogP contribution in [0.5, 0.6) is 0 Å². The van der Waals surface area contributed by atoms with Crippen molar-refractivity contribution in [3.05, 3.63) is 28.8 Å². The van der Waals surface area contributed by atoms with E-state index in [1.165, 1.54) is 0 Å². The van der Waals surface area contributed by atoms with Gasteiger partial charge >= 0.3 is 18.5 Å². The number of rotatable bonds is 1. The van der Waals surface area contributed by atoms with Crippen molar-refractivity contribution >= 4 is 12.4 Å². The van der Waals surface area contributed by atoms with Gasteiger partial charge in [-0.15, -0.1) is 0 Å². The van der Waals surface area contributed by atoms with Crippen molar-refractivity contribution in [1.29, 1.82) is 0 Å². The summed E-state index contributed by atoms with van der Waals surface area (Å²) in [7, 11) is -3.71. The van der Waals surface area contributed by atoms with Gasteiger partial charge in [-0.1, -0.05) is 12.8 Å². The van der Waals surface area contributed by atoms with Crippen LogP contribution in [0, 0.1) is 0 Å². The Bertz CT molecular complexity index is 753. The zero-order valence-electron chi connectivity index (χ0n) is 14.3. The predicted molar refractivity (Wildman–Crippen MR) is 84.0 cm³/mol. The van der Waals surface area contributed by atoms with E-state index < -0.39 is 59.0 Å². The van der Waals surface area contributed by atoms with Crippen LogP contribution in [0.2, 0.25) is 0 Å². The molecule has 0 N–H and O–H groups in total. The lowest BCUT2D eigenvalue weighted by Gasteiger charge is -2.28. The van der Waals surface area contributed by atoms with Gasteiger partial charge < -0.3 is 4.57 Å². The van der Waals surface area contributed by atoms with Gasteiger partial charge in [-0.2, -0.15) is 39.5 Å². The van der Waals surface area contributed by atoms with Gasteiger partial charge in [0, 0.05) is 16.6 Å². The van der Waals surface area contributed by atoms with Crippen LogP contribution in [-0.4, -0.2) is 11.3 Å². The van der Waals surface area contributed by atoms with Crippen LogP contribution in [-0.2, 0) is 23.1 Å².